The standard InChI is InChI=1S/C19H25NO/c1-14-11-15(2)13-17(12-14)19(20-3)10-7-16-5-8-18(21-4)9-6-16/h5-6,8-9,11-13,19-20H,7,10H2,1-4H3. The highest BCUT2D eigenvalue weighted by molar-refractivity contribution is 5.31. The van der Waals surface area contributed by atoms with Crippen molar-refractivity contribution >= 4 is 0 Å². The Morgan fingerprint density at radius 1 is 1.00 bits per heavy atom. The third-order valence-electron chi connectivity index (χ3n) is 3.88. The Kier molecular flexibility index (Phi) is 5.40. The van der Waals surface area contributed by atoms with Gasteiger partial charge < -0.3 is 10.1 Å². The zero-order valence-electron chi connectivity index (χ0n) is 13.4. The van der Waals surface area contributed by atoms with Gasteiger partial charge in [0.15, 0.2) is 0 Å². The molecule has 0 radical (unpaired) electrons. The number of methoxy groups -OCH3 is 1. The van der Waals surface area contributed by atoms with E-state index < -0.39 is 0 Å². The van der Waals surface area contributed by atoms with Crippen molar-refractivity contribution in [3.05, 3.63) is 64.7 Å². The summed E-state index contributed by atoms with van der Waals surface area (Å²) in [4.78, 5) is 0. The predicted octanol–water partition coefficient (Wildman–Crippen LogP) is 4.21. The highest BCUT2D eigenvalue weighted by atomic mass is 16.5. The van der Waals surface area contributed by atoms with Gasteiger partial charge >= 0.3 is 0 Å². The fourth-order valence-electron chi connectivity index (χ4n) is 2.79. The maximum absolute atomic E-state index is 5.20. The van der Waals surface area contributed by atoms with Crippen LogP contribution < -0.4 is 10.1 Å². The first-order valence-corrected chi connectivity index (χ1v) is 7.50. The van der Waals surface area contributed by atoms with E-state index in [1.54, 1.807) is 7.11 Å². The quantitative estimate of drug-likeness (QED) is 0.857. The van der Waals surface area contributed by atoms with Gasteiger partial charge in [0.2, 0.25) is 0 Å². The van der Waals surface area contributed by atoms with Gasteiger partial charge in [0, 0.05) is 6.04 Å². The smallest absolute Gasteiger partial charge is 0.118 e. The topological polar surface area (TPSA) is 21.3 Å². The van der Waals surface area contributed by atoms with Gasteiger partial charge in [-0.2, -0.15) is 0 Å². The summed E-state index contributed by atoms with van der Waals surface area (Å²) >= 11 is 0. The van der Waals surface area contributed by atoms with E-state index in [4.69, 9.17) is 4.74 Å². The molecular formula is C19H25NO. The van der Waals surface area contributed by atoms with Crippen molar-refractivity contribution in [2.45, 2.75) is 32.7 Å². The Morgan fingerprint density at radius 2 is 1.62 bits per heavy atom. The lowest BCUT2D eigenvalue weighted by molar-refractivity contribution is 0.414. The lowest BCUT2D eigenvalue weighted by Crippen LogP contribution is -2.17. The average Bonchev–Trinajstić information content (AvgIpc) is 2.47. The molecule has 2 heteroatoms. The molecule has 2 aromatic carbocycles. The van der Waals surface area contributed by atoms with Gasteiger partial charge in [-0.05, 0) is 57.0 Å². The Morgan fingerprint density at radius 3 is 2.14 bits per heavy atom. The summed E-state index contributed by atoms with van der Waals surface area (Å²) in [5, 5.41) is 3.44. The van der Waals surface area contributed by atoms with E-state index in [-0.39, 0.29) is 0 Å². The van der Waals surface area contributed by atoms with Gasteiger partial charge in [-0.1, -0.05) is 41.5 Å². The van der Waals surface area contributed by atoms with E-state index in [0.29, 0.717) is 6.04 Å². The third kappa shape index (κ3) is 4.33. The van der Waals surface area contributed by atoms with Crippen LogP contribution in [0.3, 0.4) is 0 Å². The fraction of sp³-hybridized carbons (Fsp3) is 0.368. The maximum atomic E-state index is 5.20. The molecule has 1 atom stereocenters. The molecule has 1 unspecified atom stereocenters. The second-order valence-corrected chi connectivity index (χ2v) is 5.65. The van der Waals surface area contributed by atoms with Crippen LogP contribution in [0, 0.1) is 13.8 Å². The second-order valence-electron chi connectivity index (χ2n) is 5.65. The number of hydrogen-bond acceptors (Lipinski definition) is 2. The first-order valence-electron chi connectivity index (χ1n) is 7.50. The molecule has 0 aliphatic rings. The van der Waals surface area contributed by atoms with Crippen molar-refractivity contribution < 1.29 is 4.74 Å². The number of benzene rings is 2. The van der Waals surface area contributed by atoms with Crippen LogP contribution >= 0.6 is 0 Å². The van der Waals surface area contributed by atoms with E-state index in [2.05, 4.69) is 49.5 Å². The fourth-order valence-corrected chi connectivity index (χ4v) is 2.79. The molecule has 0 aromatic heterocycles. The molecule has 0 heterocycles. The van der Waals surface area contributed by atoms with E-state index in [1.165, 1.54) is 22.3 Å². The molecule has 0 amide bonds. The molecule has 112 valence electrons. The number of aryl methyl sites for hydroxylation is 3. The van der Waals surface area contributed by atoms with Crippen molar-refractivity contribution in [2.75, 3.05) is 14.2 Å². The van der Waals surface area contributed by atoms with E-state index in [0.717, 1.165) is 18.6 Å². The van der Waals surface area contributed by atoms with Crippen LogP contribution in [0.15, 0.2) is 42.5 Å². The molecule has 2 rings (SSSR count). The van der Waals surface area contributed by atoms with Crippen molar-refractivity contribution in [2.24, 2.45) is 0 Å². The average molecular weight is 283 g/mol. The van der Waals surface area contributed by atoms with Crippen LogP contribution in [-0.2, 0) is 6.42 Å². The van der Waals surface area contributed by atoms with Crippen LogP contribution in [0.1, 0.15) is 34.7 Å². The maximum Gasteiger partial charge on any atom is 0.118 e. The predicted molar refractivity (Wildman–Crippen MR) is 89.0 cm³/mol. The van der Waals surface area contributed by atoms with Gasteiger partial charge in [0.25, 0.3) is 0 Å². The van der Waals surface area contributed by atoms with Gasteiger partial charge in [-0.25, -0.2) is 0 Å². The first kappa shape index (κ1) is 15.6. The summed E-state index contributed by atoms with van der Waals surface area (Å²) in [5.41, 5.74) is 5.38. The zero-order chi connectivity index (χ0) is 15.2. The SMILES string of the molecule is CNC(CCc1ccc(OC)cc1)c1cc(C)cc(C)c1. The Labute approximate surface area is 128 Å². The normalized spacial score (nSPS) is 12.2. The summed E-state index contributed by atoms with van der Waals surface area (Å²) in [5.74, 6) is 0.915. The van der Waals surface area contributed by atoms with Crippen molar-refractivity contribution in [3.63, 3.8) is 0 Å². The molecule has 0 spiro atoms. The van der Waals surface area contributed by atoms with Gasteiger partial charge in [-0.3, -0.25) is 0 Å². The van der Waals surface area contributed by atoms with Crippen LogP contribution in [0.4, 0.5) is 0 Å². The minimum Gasteiger partial charge on any atom is -0.497 e. The van der Waals surface area contributed by atoms with Gasteiger partial charge in [-0.15, -0.1) is 0 Å². The molecule has 0 bridgehead atoms. The van der Waals surface area contributed by atoms with Crippen LogP contribution in [0.5, 0.6) is 5.75 Å². The summed E-state index contributed by atoms with van der Waals surface area (Å²) in [7, 11) is 3.74. The Hall–Kier alpha value is -1.80. The summed E-state index contributed by atoms with van der Waals surface area (Å²) < 4.78 is 5.20. The minimum atomic E-state index is 0.394. The number of ether oxygens (including phenoxy) is 1. The van der Waals surface area contributed by atoms with Crippen molar-refractivity contribution in [1.82, 2.24) is 5.32 Å². The van der Waals surface area contributed by atoms with Crippen molar-refractivity contribution in [1.29, 1.82) is 0 Å². The zero-order valence-corrected chi connectivity index (χ0v) is 13.4. The Balaban J connectivity index is 2.04. The lowest BCUT2D eigenvalue weighted by atomic mass is 9.96. The first-order chi connectivity index (χ1) is 10.1. The van der Waals surface area contributed by atoms with Crippen molar-refractivity contribution in [3.8, 4) is 5.75 Å². The molecule has 0 saturated carbocycles. The van der Waals surface area contributed by atoms with Crippen LogP contribution in [0.2, 0.25) is 0 Å². The molecular weight excluding hydrogens is 258 g/mol. The molecule has 2 nitrogen and oxygen atoms in total. The number of hydrogen-bond donors (Lipinski definition) is 1. The summed E-state index contributed by atoms with van der Waals surface area (Å²) in [6.07, 6.45) is 2.15. The number of nitrogens with one attached hydrogen (secondary N) is 1. The van der Waals surface area contributed by atoms with E-state index in [9.17, 15) is 0 Å². The highest BCUT2D eigenvalue weighted by Gasteiger charge is 2.10. The molecule has 0 aliphatic carbocycles. The lowest BCUT2D eigenvalue weighted by Gasteiger charge is -2.18. The van der Waals surface area contributed by atoms with E-state index in [1.807, 2.05) is 19.2 Å². The minimum absolute atomic E-state index is 0.394. The highest BCUT2D eigenvalue weighted by Crippen LogP contribution is 2.22. The molecule has 1 N–H and O–H groups in total. The van der Waals surface area contributed by atoms with Crippen LogP contribution in [0.25, 0.3) is 0 Å². The summed E-state index contributed by atoms with van der Waals surface area (Å²) in [6.45, 7) is 4.32. The molecule has 0 aliphatic heterocycles. The largest absolute Gasteiger partial charge is 0.497 e. The van der Waals surface area contributed by atoms with Gasteiger partial charge in [0.1, 0.15) is 5.75 Å². The monoisotopic (exact) mass is 283 g/mol. The molecule has 0 fully saturated rings. The molecule has 0 saturated heterocycles. The van der Waals surface area contributed by atoms with Gasteiger partial charge in [0.05, 0.1) is 7.11 Å². The second kappa shape index (κ2) is 7.28. The molecule has 21 heavy (non-hydrogen) atoms. The molecule has 2 aromatic rings. The van der Waals surface area contributed by atoms with Crippen LogP contribution in [-0.4, -0.2) is 14.2 Å². The number of rotatable bonds is 6. The third-order valence-corrected chi connectivity index (χ3v) is 3.88. The van der Waals surface area contributed by atoms with E-state index >= 15 is 0 Å². The Bertz CT molecular complexity index is 554. The summed E-state index contributed by atoms with van der Waals surface area (Å²) in [6, 6.07) is 15.5.